The van der Waals surface area contributed by atoms with Gasteiger partial charge >= 0.3 is 0 Å². The monoisotopic (exact) mass is 277 g/mol. The van der Waals surface area contributed by atoms with Gasteiger partial charge in [0.1, 0.15) is 0 Å². The summed E-state index contributed by atoms with van der Waals surface area (Å²) < 4.78 is 0. The van der Waals surface area contributed by atoms with Gasteiger partial charge in [-0.3, -0.25) is 9.97 Å². The summed E-state index contributed by atoms with van der Waals surface area (Å²) in [6.07, 6.45) is 8.45. The molecule has 0 radical (unpaired) electrons. The number of likely N-dealkylation sites (N-methyl/N-ethyl adjacent to an activating group) is 1. The number of benzene rings is 1. The van der Waals surface area contributed by atoms with Crippen molar-refractivity contribution in [3.05, 3.63) is 72.3 Å². The molecule has 0 spiro atoms. The molecular weight excluding hydrogens is 258 g/mol. The Kier molecular flexibility index (Phi) is 4.22. The van der Waals surface area contributed by atoms with Crippen LogP contribution in [0, 0.1) is 0 Å². The van der Waals surface area contributed by atoms with Crippen LogP contribution in [0.3, 0.4) is 0 Å². The smallest absolute Gasteiger partial charge is 0.0366 e. The Hall–Kier alpha value is -2.26. The molecule has 0 saturated heterocycles. The molecule has 0 aliphatic carbocycles. The van der Waals surface area contributed by atoms with Crippen LogP contribution < -0.4 is 5.32 Å². The number of rotatable bonds is 5. The lowest BCUT2D eigenvalue weighted by atomic mass is 9.95. The van der Waals surface area contributed by atoms with E-state index < -0.39 is 0 Å². The molecule has 0 amide bonds. The van der Waals surface area contributed by atoms with E-state index in [9.17, 15) is 0 Å². The summed E-state index contributed by atoms with van der Waals surface area (Å²) in [5, 5.41) is 6.06. The van der Waals surface area contributed by atoms with Gasteiger partial charge in [-0.2, -0.15) is 0 Å². The molecule has 0 aliphatic rings. The molecule has 3 nitrogen and oxygen atoms in total. The van der Waals surface area contributed by atoms with E-state index in [1.807, 2.05) is 24.8 Å². The maximum Gasteiger partial charge on any atom is 0.0366 e. The SMILES string of the molecule is CCNC(Cc1ccncc1)c1cccc2cnccc12. The summed E-state index contributed by atoms with van der Waals surface area (Å²) in [5.41, 5.74) is 2.62. The zero-order chi connectivity index (χ0) is 14.5. The van der Waals surface area contributed by atoms with Crippen molar-refractivity contribution in [2.45, 2.75) is 19.4 Å². The van der Waals surface area contributed by atoms with Crippen molar-refractivity contribution in [2.75, 3.05) is 6.54 Å². The summed E-state index contributed by atoms with van der Waals surface area (Å²) in [4.78, 5) is 8.31. The predicted molar refractivity (Wildman–Crippen MR) is 86.1 cm³/mol. The Balaban J connectivity index is 1.99. The molecule has 106 valence electrons. The van der Waals surface area contributed by atoms with Crippen LogP contribution in [0.4, 0.5) is 0 Å². The number of nitrogens with zero attached hydrogens (tertiary/aromatic N) is 2. The number of hydrogen-bond donors (Lipinski definition) is 1. The largest absolute Gasteiger partial charge is 0.310 e. The lowest BCUT2D eigenvalue weighted by molar-refractivity contribution is 0.553. The minimum Gasteiger partial charge on any atom is -0.310 e. The van der Waals surface area contributed by atoms with E-state index in [0.717, 1.165) is 13.0 Å². The van der Waals surface area contributed by atoms with Gasteiger partial charge < -0.3 is 5.32 Å². The average Bonchev–Trinajstić information content (AvgIpc) is 2.55. The maximum absolute atomic E-state index is 4.21. The van der Waals surface area contributed by atoms with E-state index in [1.165, 1.54) is 21.9 Å². The second kappa shape index (κ2) is 6.46. The molecule has 0 fully saturated rings. The highest BCUT2D eigenvalue weighted by atomic mass is 14.9. The van der Waals surface area contributed by atoms with Crippen molar-refractivity contribution < 1.29 is 0 Å². The summed E-state index contributed by atoms with van der Waals surface area (Å²) in [6, 6.07) is 13.0. The van der Waals surface area contributed by atoms with Crippen molar-refractivity contribution in [3.63, 3.8) is 0 Å². The van der Waals surface area contributed by atoms with Crippen molar-refractivity contribution in [1.29, 1.82) is 0 Å². The summed E-state index contributed by atoms with van der Waals surface area (Å²) in [6.45, 7) is 3.09. The van der Waals surface area contributed by atoms with Gasteiger partial charge in [-0.25, -0.2) is 0 Å². The van der Waals surface area contributed by atoms with Crippen molar-refractivity contribution in [1.82, 2.24) is 15.3 Å². The second-order valence-corrected chi connectivity index (χ2v) is 5.11. The highest BCUT2D eigenvalue weighted by molar-refractivity contribution is 5.85. The van der Waals surface area contributed by atoms with Gasteiger partial charge in [0.05, 0.1) is 0 Å². The molecule has 3 rings (SSSR count). The Labute approximate surface area is 125 Å². The van der Waals surface area contributed by atoms with Gasteiger partial charge in [-0.1, -0.05) is 25.1 Å². The number of nitrogens with one attached hydrogen (secondary N) is 1. The van der Waals surface area contributed by atoms with Gasteiger partial charge in [0.25, 0.3) is 0 Å². The third-order valence-electron chi connectivity index (χ3n) is 3.73. The Morgan fingerprint density at radius 2 is 1.81 bits per heavy atom. The molecule has 0 saturated carbocycles. The fourth-order valence-electron chi connectivity index (χ4n) is 2.74. The minimum absolute atomic E-state index is 0.295. The first-order valence-electron chi connectivity index (χ1n) is 7.33. The van der Waals surface area contributed by atoms with Crippen LogP contribution in [0.2, 0.25) is 0 Å². The predicted octanol–water partition coefficient (Wildman–Crippen LogP) is 3.52. The standard InChI is InChI=1S/C18H19N3/c1-2-21-18(12-14-6-9-19-10-7-14)17-5-3-4-15-13-20-11-8-16(15)17/h3-11,13,18,21H,2,12H2,1H3. The summed E-state index contributed by atoms with van der Waals surface area (Å²) in [5.74, 6) is 0. The second-order valence-electron chi connectivity index (χ2n) is 5.11. The van der Waals surface area contributed by atoms with Crippen LogP contribution in [0.25, 0.3) is 10.8 Å². The molecule has 2 heterocycles. The molecule has 0 bridgehead atoms. The summed E-state index contributed by atoms with van der Waals surface area (Å²) >= 11 is 0. The van der Waals surface area contributed by atoms with Gasteiger partial charge in [-0.05, 0) is 47.7 Å². The Morgan fingerprint density at radius 3 is 2.62 bits per heavy atom. The fraction of sp³-hybridized carbons (Fsp3) is 0.222. The normalized spacial score (nSPS) is 12.4. The number of pyridine rings is 2. The summed E-state index contributed by atoms with van der Waals surface area (Å²) in [7, 11) is 0. The van der Waals surface area contributed by atoms with Crippen molar-refractivity contribution in [2.24, 2.45) is 0 Å². The first kappa shape index (κ1) is 13.7. The van der Waals surface area contributed by atoms with Gasteiger partial charge in [0.15, 0.2) is 0 Å². The molecule has 21 heavy (non-hydrogen) atoms. The Morgan fingerprint density at radius 1 is 1.00 bits per heavy atom. The van der Waals surface area contributed by atoms with Crippen molar-refractivity contribution in [3.8, 4) is 0 Å². The fourth-order valence-corrected chi connectivity index (χ4v) is 2.74. The molecule has 0 aliphatic heterocycles. The van der Waals surface area contributed by atoms with Crippen LogP contribution in [0.1, 0.15) is 24.1 Å². The number of hydrogen-bond acceptors (Lipinski definition) is 3. The molecule has 3 heteroatoms. The van der Waals surface area contributed by atoms with Crippen molar-refractivity contribution >= 4 is 10.8 Å². The van der Waals surface area contributed by atoms with Crippen LogP contribution in [0.15, 0.2) is 61.2 Å². The molecule has 1 atom stereocenters. The Bertz CT molecular complexity index is 704. The van der Waals surface area contributed by atoms with Crippen LogP contribution in [-0.2, 0) is 6.42 Å². The zero-order valence-corrected chi connectivity index (χ0v) is 12.2. The third-order valence-corrected chi connectivity index (χ3v) is 3.73. The third kappa shape index (κ3) is 3.09. The molecule has 1 aromatic carbocycles. The quantitative estimate of drug-likeness (QED) is 0.775. The zero-order valence-electron chi connectivity index (χ0n) is 12.2. The topological polar surface area (TPSA) is 37.8 Å². The number of fused-ring (bicyclic) bond motifs is 1. The first-order valence-corrected chi connectivity index (χ1v) is 7.33. The highest BCUT2D eigenvalue weighted by Crippen LogP contribution is 2.26. The highest BCUT2D eigenvalue weighted by Gasteiger charge is 2.14. The van der Waals surface area contributed by atoms with E-state index in [1.54, 1.807) is 0 Å². The van der Waals surface area contributed by atoms with E-state index >= 15 is 0 Å². The van der Waals surface area contributed by atoms with E-state index in [2.05, 4.69) is 58.6 Å². The van der Waals surface area contributed by atoms with E-state index in [0.29, 0.717) is 6.04 Å². The molecule has 3 aromatic rings. The van der Waals surface area contributed by atoms with E-state index in [-0.39, 0.29) is 0 Å². The van der Waals surface area contributed by atoms with Gasteiger partial charge in [0, 0.05) is 36.2 Å². The molecule has 1 N–H and O–H groups in total. The maximum atomic E-state index is 4.21. The lowest BCUT2D eigenvalue weighted by Crippen LogP contribution is -2.23. The van der Waals surface area contributed by atoms with Crippen LogP contribution in [0.5, 0.6) is 0 Å². The van der Waals surface area contributed by atoms with Crippen LogP contribution in [-0.4, -0.2) is 16.5 Å². The molecule has 1 unspecified atom stereocenters. The van der Waals surface area contributed by atoms with Gasteiger partial charge in [0.2, 0.25) is 0 Å². The average molecular weight is 277 g/mol. The van der Waals surface area contributed by atoms with Crippen LogP contribution >= 0.6 is 0 Å². The lowest BCUT2D eigenvalue weighted by Gasteiger charge is -2.20. The van der Waals surface area contributed by atoms with E-state index in [4.69, 9.17) is 0 Å². The van der Waals surface area contributed by atoms with Gasteiger partial charge in [-0.15, -0.1) is 0 Å². The molecular formula is C18H19N3. The first-order chi connectivity index (χ1) is 10.4. The molecule has 2 aromatic heterocycles. The minimum atomic E-state index is 0.295. The number of aromatic nitrogens is 2.